The van der Waals surface area contributed by atoms with Crippen molar-refractivity contribution in [2.24, 2.45) is 0 Å². The van der Waals surface area contributed by atoms with Gasteiger partial charge in [-0.25, -0.2) is 4.79 Å². The van der Waals surface area contributed by atoms with Gasteiger partial charge in [0.15, 0.2) is 0 Å². The molecule has 2 aromatic carbocycles. The average Bonchev–Trinajstić information content (AvgIpc) is 2.56. The van der Waals surface area contributed by atoms with Gasteiger partial charge in [0.1, 0.15) is 0 Å². The Hall–Kier alpha value is -2.62. The molecular weight excluding hydrogens is 290 g/mol. The third kappa shape index (κ3) is 4.68. The number of hydrogen-bond donors (Lipinski definition) is 1. The molecule has 2 rings (SSSR count). The smallest absolute Gasteiger partial charge is 0.340 e. The molecule has 0 heterocycles. The van der Waals surface area contributed by atoms with Crippen molar-refractivity contribution in [2.75, 3.05) is 11.9 Å². The van der Waals surface area contributed by atoms with Crippen LogP contribution in [-0.2, 0) is 22.4 Å². The fourth-order valence-electron chi connectivity index (χ4n) is 2.25. The quantitative estimate of drug-likeness (QED) is 0.829. The molecule has 0 radical (unpaired) electrons. The van der Waals surface area contributed by atoms with Gasteiger partial charge in [-0.3, -0.25) is 4.79 Å². The predicted octanol–water partition coefficient (Wildman–Crippen LogP) is 3.61. The van der Waals surface area contributed by atoms with Gasteiger partial charge in [0.25, 0.3) is 0 Å². The molecule has 2 aromatic rings. The highest BCUT2D eigenvalue weighted by atomic mass is 16.5. The lowest BCUT2D eigenvalue weighted by molar-refractivity contribution is -0.115. The van der Waals surface area contributed by atoms with Crippen molar-refractivity contribution in [3.63, 3.8) is 0 Å². The highest BCUT2D eigenvalue weighted by Crippen LogP contribution is 2.17. The molecule has 0 saturated heterocycles. The van der Waals surface area contributed by atoms with Gasteiger partial charge >= 0.3 is 5.97 Å². The summed E-state index contributed by atoms with van der Waals surface area (Å²) in [6, 6.07) is 14.8. The Morgan fingerprint density at radius 3 is 2.26 bits per heavy atom. The molecule has 0 atom stereocenters. The number of carbonyl (C=O) groups is 2. The number of benzene rings is 2. The summed E-state index contributed by atoms with van der Waals surface area (Å²) in [5.41, 5.74) is 3.01. The minimum atomic E-state index is -0.435. The molecule has 0 aliphatic heterocycles. The highest BCUT2D eigenvalue weighted by Gasteiger charge is 2.14. The molecule has 4 heteroatoms. The number of nitrogens with one attached hydrogen (secondary N) is 1. The Morgan fingerprint density at radius 2 is 1.61 bits per heavy atom. The summed E-state index contributed by atoms with van der Waals surface area (Å²) >= 11 is 0. The molecule has 0 fully saturated rings. The maximum Gasteiger partial charge on any atom is 0.340 e. The van der Waals surface area contributed by atoms with Crippen LogP contribution in [0.15, 0.2) is 48.5 Å². The minimum absolute atomic E-state index is 0.161. The van der Waals surface area contributed by atoms with Crippen LogP contribution in [0.5, 0.6) is 0 Å². The fourth-order valence-corrected chi connectivity index (χ4v) is 2.25. The van der Waals surface area contributed by atoms with Crippen LogP contribution in [0.4, 0.5) is 5.69 Å². The Labute approximate surface area is 136 Å². The summed E-state index contributed by atoms with van der Waals surface area (Å²) in [7, 11) is 0. The topological polar surface area (TPSA) is 55.4 Å². The van der Waals surface area contributed by atoms with Crippen molar-refractivity contribution in [1.29, 1.82) is 0 Å². The summed E-state index contributed by atoms with van der Waals surface area (Å²) in [5.74, 6) is -0.596. The van der Waals surface area contributed by atoms with E-state index in [1.54, 1.807) is 31.2 Å². The van der Waals surface area contributed by atoms with Crippen molar-refractivity contribution >= 4 is 17.6 Å². The van der Waals surface area contributed by atoms with Gasteiger partial charge in [-0.1, -0.05) is 43.3 Å². The summed E-state index contributed by atoms with van der Waals surface area (Å²) in [4.78, 5) is 24.1. The van der Waals surface area contributed by atoms with E-state index in [2.05, 4.69) is 12.2 Å². The maximum absolute atomic E-state index is 12.2. The Morgan fingerprint density at radius 1 is 0.957 bits per heavy atom. The standard InChI is InChI=1S/C19H21NO3/c1-3-14-9-11-15(12-10-14)13-18(21)20-17-8-6-5-7-16(17)19(22)23-4-2/h5-12H,3-4,13H2,1-2H3,(H,20,21). The van der Waals surface area contributed by atoms with Crippen molar-refractivity contribution in [3.05, 3.63) is 65.2 Å². The summed E-state index contributed by atoms with van der Waals surface area (Å²) < 4.78 is 5.00. The van der Waals surface area contributed by atoms with E-state index < -0.39 is 5.97 Å². The lowest BCUT2D eigenvalue weighted by atomic mass is 10.1. The predicted molar refractivity (Wildman–Crippen MR) is 90.6 cm³/mol. The molecule has 1 N–H and O–H groups in total. The van der Waals surface area contributed by atoms with Crippen LogP contribution < -0.4 is 5.32 Å². The first-order valence-electron chi connectivity index (χ1n) is 7.77. The van der Waals surface area contributed by atoms with Crippen LogP contribution in [0.2, 0.25) is 0 Å². The van der Waals surface area contributed by atoms with Crippen LogP contribution in [0.1, 0.15) is 35.3 Å². The van der Waals surface area contributed by atoms with Crippen molar-refractivity contribution in [3.8, 4) is 0 Å². The Balaban J connectivity index is 2.06. The number of aryl methyl sites for hydroxylation is 1. The lowest BCUT2D eigenvalue weighted by Gasteiger charge is -2.10. The van der Waals surface area contributed by atoms with Gasteiger partial charge in [0.05, 0.1) is 24.3 Å². The van der Waals surface area contributed by atoms with Crippen LogP contribution in [-0.4, -0.2) is 18.5 Å². The summed E-state index contributed by atoms with van der Waals surface area (Å²) in [5, 5.41) is 2.79. The third-order valence-corrected chi connectivity index (χ3v) is 3.49. The molecule has 0 aromatic heterocycles. The Kier molecular flexibility index (Phi) is 5.92. The largest absolute Gasteiger partial charge is 0.462 e. The molecule has 0 unspecified atom stereocenters. The molecular formula is C19H21NO3. The molecule has 0 bridgehead atoms. The second-order valence-corrected chi connectivity index (χ2v) is 5.16. The minimum Gasteiger partial charge on any atom is -0.462 e. The van der Waals surface area contributed by atoms with E-state index >= 15 is 0 Å². The number of ether oxygens (including phenoxy) is 1. The number of rotatable bonds is 6. The van der Waals surface area contributed by atoms with E-state index in [9.17, 15) is 9.59 Å². The number of amides is 1. The molecule has 4 nitrogen and oxygen atoms in total. The molecule has 0 aliphatic carbocycles. The second kappa shape index (κ2) is 8.13. The molecule has 23 heavy (non-hydrogen) atoms. The average molecular weight is 311 g/mol. The van der Waals surface area contributed by atoms with E-state index in [4.69, 9.17) is 4.74 Å². The highest BCUT2D eigenvalue weighted by molar-refractivity contribution is 6.01. The van der Waals surface area contributed by atoms with E-state index in [1.165, 1.54) is 5.56 Å². The fraction of sp³-hybridized carbons (Fsp3) is 0.263. The number of para-hydroxylation sites is 1. The van der Waals surface area contributed by atoms with Crippen molar-refractivity contribution < 1.29 is 14.3 Å². The number of hydrogen-bond acceptors (Lipinski definition) is 3. The number of carbonyl (C=O) groups excluding carboxylic acids is 2. The van der Waals surface area contributed by atoms with Gasteiger partial charge in [-0.15, -0.1) is 0 Å². The van der Waals surface area contributed by atoms with E-state index in [0.717, 1.165) is 12.0 Å². The Bertz CT molecular complexity index is 677. The monoisotopic (exact) mass is 311 g/mol. The SMILES string of the molecule is CCOC(=O)c1ccccc1NC(=O)Cc1ccc(CC)cc1. The summed E-state index contributed by atoms with van der Waals surface area (Å²) in [6.07, 6.45) is 1.24. The summed E-state index contributed by atoms with van der Waals surface area (Å²) in [6.45, 7) is 4.14. The second-order valence-electron chi connectivity index (χ2n) is 5.16. The molecule has 0 aliphatic rings. The first kappa shape index (κ1) is 16.7. The zero-order valence-electron chi connectivity index (χ0n) is 13.5. The van der Waals surface area contributed by atoms with E-state index in [1.807, 2.05) is 24.3 Å². The van der Waals surface area contributed by atoms with Gasteiger partial charge in [-0.05, 0) is 36.6 Å². The first-order valence-corrected chi connectivity index (χ1v) is 7.77. The van der Waals surface area contributed by atoms with Crippen molar-refractivity contribution in [2.45, 2.75) is 26.7 Å². The van der Waals surface area contributed by atoms with Gasteiger partial charge in [-0.2, -0.15) is 0 Å². The maximum atomic E-state index is 12.2. The number of anilines is 1. The van der Waals surface area contributed by atoms with Crippen LogP contribution in [0.3, 0.4) is 0 Å². The zero-order chi connectivity index (χ0) is 16.7. The van der Waals surface area contributed by atoms with Gasteiger partial charge < -0.3 is 10.1 Å². The van der Waals surface area contributed by atoms with Crippen LogP contribution in [0.25, 0.3) is 0 Å². The number of esters is 1. The van der Waals surface area contributed by atoms with Crippen LogP contribution in [0, 0.1) is 0 Å². The molecule has 0 spiro atoms. The lowest BCUT2D eigenvalue weighted by Crippen LogP contribution is -2.17. The molecule has 1 amide bonds. The van der Waals surface area contributed by atoms with Gasteiger partial charge in [0.2, 0.25) is 5.91 Å². The first-order chi connectivity index (χ1) is 11.1. The van der Waals surface area contributed by atoms with Crippen molar-refractivity contribution in [1.82, 2.24) is 0 Å². The molecule has 120 valence electrons. The van der Waals surface area contributed by atoms with E-state index in [-0.39, 0.29) is 12.3 Å². The zero-order valence-corrected chi connectivity index (χ0v) is 13.5. The van der Waals surface area contributed by atoms with Gasteiger partial charge in [0, 0.05) is 0 Å². The third-order valence-electron chi connectivity index (χ3n) is 3.49. The van der Waals surface area contributed by atoms with Crippen LogP contribution >= 0.6 is 0 Å². The normalized spacial score (nSPS) is 10.2. The molecule has 0 saturated carbocycles. The van der Waals surface area contributed by atoms with E-state index in [0.29, 0.717) is 17.9 Å².